The second-order valence-electron chi connectivity index (χ2n) is 5.08. The van der Waals surface area contributed by atoms with E-state index in [1.165, 1.54) is 5.56 Å². The first-order valence-corrected chi connectivity index (χ1v) is 6.93. The number of halogens is 1. The van der Waals surface area contributed by atoms with Gasteiger partial charge in [0.1, 0.15) is 5.75 Å². The van der Waals surface area contributed by atoms with Crippen molar-refractivity contribution in [3.05, 3.63) is 64.2 Å². The largest absolute Gasteiger partial charge is 0.423 e. The summed E-state index contributed by atoms with van der Waals surface area (Å²) >= 11 is 5.88. The van der Waals surface area contributed by atoms with Gasteiger partial charge in [0.15, 0.2) is 0 Å². The molecule has 0 aliphatic carbocycles. The summed E-state index contributed by atoms with van der Waals surface area (Å²) in [4.78, 5) is 12.1. The highest BCUT2D eigenvalue weighted by molar-refractivity contribution is 6.30. The zero-order valence-electron chi connectivity index (χ0n) is 11.8. The van der Waals surface area contributed by atoms with Gasteiger partial charge in [0.25, 0.3) is 0 Å². The lowest BCUT2D eigenvalue weighted by atomic mass is 10.0. The average molecular weight is 289 g/mol. The fourth-order valence-electron chi connectivity index (χ4n) is 1.89. The van der Waals surface area contributed by atoms with Crippen LogP contribution in [-0.2, 0) is 0 Å². The molecule has 0 fully saturated rings. The van der Waals surface area contributed by atoms with Gasteiger partial charge >= 0.3 is 5.97 Å². The van der Waals surface area contributed by atoms with Crippen LogP contribution < -0.4 is 4.74 Å². The lowest BCUT2D eigenvalue weighted by molar-refractivity contribution is 0.0733. The second kappa shape index (κ2) is 6.10. The van der Waals surface area contributed by atoms with Crippen LogP contribution in [0.25, 0.3) is 0 Å². The second-order valence-corrected chi connectivity index (χ2v) is 5.51. The van der Waals surface area contributed by atoms with Crippen molar-refractivity contribution in [1.29, 1.82) is 0 Å². The lowest BCUT2D eigenvalue weighted by Gasteiger charge is -2.09. The molecule has 3 heteroatoms. The van der Waals surface area contributed by atoms with Gasteiger partial charge < -0.3 is 4.74 Å². The molecule has 0 aliphatic rings. The number of rotatable bonds is 3. The van der Waals surface area contributed by atoms with Gasteiger partial charge in [0.05, 0.1) is 5.56 Å². The molecule has 2 aromatic rings. The normalized spacial score (nSPS) is 10.7. The number of benzene rings is 2. The number of aryl methyl sites for hydroxylation is 1. The number of hydrogen-bond donors (Lipinski definition) is 0. The first-order chi connectivity index (χ1) is 9.47. The molecule has 2 aromatic carbocycles. The van der Waals surface area contributed by atoms with E-state index < -0.39 is 0 Å². The van der Waals surface area contributed by atoms with Crippen molar-refractivity contribution in [2.24, 2.45) is 0 Å². The van der Waals surface area contributed by atoms with Crippen LogP contribution >= 0.6 is 11.6 Å². The highest BCUT2D eigenvalue weighted by Crippen LogP contribution is 2.23. The van der Waals surface area contributed by atoms with Crippen LogP contribution in [-0.4, -0.2) is 5.97 Å². The zero-order valence-corrected chi connectivity index (χ0v) is 12.6. The molecule has 0 heterocycles. The van der Waals surface area contributed by atoms with Gasteiger partial charge in [-0.1, -0.05) is 37.6 Å². The van der Waals surface area contributed by atoms with E-state index in [0.29, 0.717) is 22.3 Å². The summed E-state index contributed by atoms with van der Waals surface area (Å²) < 4.78 is 5.39. The van der Waals surface area contributed by atoms with E-state index in [4.69, 9.17) is 16.3 Å². The van der Waals surface area contributed by atoms with Crippen LogP contribution in [0.1, 0.15) is 41.3 Å². The van der Waals surface area contributed by atoms with Crippen LogP contribution in [0.3, 0.4) is 0 Å². The molecule has 0 N–H and O–H groups in total. The SMILES string of the molecule is Cc1cc(Cl)ccc1OC(=O)c1ccc(C(C)C)cc1. The standard InChI is InChI=1S/C17H17ClO2/c1-11(2)13-4-6-14(7-5-13)17(19)20-16-9-8-15(18)10-12(16)3/h4-11H,1-3H3. The van der Waals surface area contributed by atoms with Gasteiger partial charge in [0.2, 0.25) is 0 Å². The summed E-state index contributed by atoms with van der Waals surface area (Å²) in [6, 6.07) is 12.7. The molecule has 20 heavy (non-hydrogen) atoms. The van der Waals surface area contributed by atoms with E-state index in [1.807, 2.05) is 19.1 Å². The van der Waals surface area contributed by atoms with Crippen molar-refractivity contribution < 1.29 is 9.53 Å². The average Bonchev–Trinajstić information content (AvgIpc) is 2.42. The summed E-state index contributed by atoms with van der Waals surface area (Å²) in [5.74, 6) is 0.622. The highest BCUT2D eigenvalue weighted by Gasteiger charge is 2.11. The maximum Gasteiger partial charge on any atom is 0.343 e. The first-order valence-electron chi connectivity index (χ1n) is 6.55. The summed E-state index contributed by atoms with van der Waals surface area (Å²) in [5.41, 5.74) is 2.58. The quantitative estimate of drug-likeness (QED) is 0.587. The molecule has 0 bridgehead atoms. The molecule has 0 saturated carbocycles. The van der Waals surface area contributed by atoms with Gasteiger partial charge in [-0.25, -0.2) is 4.79 Å². The Kier molecular flexibility index (Phi) is 4.46. The minimum Gasteiger partial charge on any atom is -0.423 e. The molecule has 104 valence electrons. The van der Waals surface area contributed by atoms with Gasteiger partial charge in [-0.15, -0.1) is 0 Å². The maximum absolute atomic E-state index is 12.1. The topological polar surface area (TPSA) is 26.3 Å². The van der Waals surface area contributed by atoms with Crippen LogP contribution in [0.15, 0.2) is 42.5 Å². The Hall–Kier alpha value is -1.80. The third-order valence-electron chi connectivity index (χ3n) is 3.15. The Morgan fingerprint density at radius 3 is 2.30 bits per heavy atom. The molecule has 0 saturated heterocycles. The molecule has 2 nitrogen and oxygen atoms in total. The fraction of sp³-hybridized carbons (Fsp3) is 0.235. The monoisotopic (exact) mass is 288 g/mol. The summed E-state index contributed by atoms with van der Waals surface area (Å²) in [5, 5.41) is 0.628. The molecule has 0 atom stereocenters. The Morgan fingerprint density at radius 1 is 1.10 bits per heavy atom. The highest BCUT2D eigenvalue weighted by atomic mass is 35.5. The summed E-state index contributed by atoms with van der Waals surface area (Å²) in [6.45, 7) is 6.09. The molecule has 0 spiro atoms. The molecule has 0 aromatic heterocycles. The molecule has 0 aliphatic heterocycles. The van der Waals surface area contributed by atoms with Crippen LogP contribution in [0, 0.1) is 6.92 Å². The minimum absolute atomic E-state index is 0.356. The van der Waals surface area contributed by atoms with Crippen molar-refractivity contribution in [2.75, 3.05) is 0 Å². The zero-order chi connectivity index (χ0) is 14.7. The Morgan fingerprint density at radius 2 is 1.75 bits per heavy atom. The van der Waals surface area contributed by atoms with Crippen LogP contribution in [0.2, 0.25) is 5.02 Å². The maximum atomic E-state index is 12.1. The van der Waals surface area contributed by atoms with E-state index in [1.54, 1.807) is 30.3 Å². The van der Waals surface area contributed by atoms with Crippen molar-refractivity contribution in [3.63, 3.8) is 0 Å². The van der Waals surface area contributed by atoms with E-state index in [-0.39, 0.29) is 5.97 Å². The third-order valence-corrected chi connectivity index (χ3v) is 3.39. The summed E-state index contributed by atoms with van der Waals surface area (Å²) in [7, 11) is 0. The van der Waals surface area contributed by atoms with Crippen molar-refractivity contribution in [1.82, 2.24) is 0 Å². The van der Waals surface area contributed by atoms with Crippen LogP contribution in [0.5, 0.6) is 5.75 Å². The van der Waals surface area contributed by atoms with Gasteiger partial charge in [-0.3, -0.25) is 0 Å². The Bertz CT molecular complexity index is 615. The summed E-state index contributed by atoms with van der Waals surface area (Å²) in [6.07, 6.45) is 0. The van der Waals surface area contributed by atoms with E-state index >= 15 is 0 Å². The fourth-order valence-corrected chi connectivity index (χ4v) is 2.12. The Labute approximate surface area is 124 Å². The number of carbonyl (C=O) groups is 1. The first kappa shape index (κ1) is 14.6. The number of ether oxygens (including phenoxy) is 1. The third kappa shape index (κ3) is 3.40. The molecular weight excluding hydrogens is 272 g/mol. The molecule has 2 rings (SSSR count). The van der Waals surface area contributed by atoms with E-state index in [0.717, 1.165) is 5.56 Å². The van der Waals surface area contributed by atoms with E-state index in [2.05, 4.69) is 13.8 Å². The molecule has 0 amide bonds. The lowest BCUT2D eigenvalue weighted by Crippen LogP contribution is -2.09. The Balaban J connectivity index is 2.15. The van der Waals surface area contributed by atoms with Crippen LogP contribution in [0.4, 0.5) is 0 Å². The molecular formula is C17H17ClO2. The van der Waals surface area contributed by atoms with Crippen molar-refractivity contribution in [3.8, 4) is 5.75 Å². The number of carbonyl (C=O) groups excluding carboxylic acids is 1. The predicted octanol–water partition coefficient (Wildman–Crippen LogP) is 4.99. The number of hydrogen-bond acceptors (Lipinski definition) is 2. The molecule has 0 unspecified atom stereocenters. The number of esters is 1. The predicted molar refractivity (Wildman–Crippen MR) is 81.7 cm³/mol. The molecule has 0 radical (unpaired) electrons. The van der Waals surface area contributed by atoms with Crippen molar-refractivity contribution >= 4 is 17.6 Å². The van der Waals surface area contributed by atoms with Gasteiger partial charge in [-0.05, 0) is 54.3 Å². The van der Waals surface area contributed by atoms with E-state index in [9.17, 15) is 4.79 Å². The van der Waals surface area contributed by atoms with Gasteiger partial charge in [-0.2, -0.15) is 0 Å². The minimum atomic E-state index is -0.356. The van der Waals surface area contributed by atoms with Crippen molar-refractivity contribution in [2.45, 2.75) is 26.7 Å². The smallest absolute Gasteiger partial charge is 0.343 e. The van der Waals surface area contributed by atoms with Gasteiger partial charge in [0, 0.05) is 5.02 Å².